The molecule has 126 valence electrons. The Balaban J connectivity index is 1.76. The van der Waals surface area contributed by atoms with Crippen LogP contribution < -0.4 is 10.6 Å². The van der Waals surface area contributed by atoms with E-state index >= 15 is 0 Å². The van der Waals surface area contributed by atoms with Crippen LogP contribution >= 0.6 is 0 Å². The maximum Gasteiger partial charge on any atom is 0.274 e. The molecule has 0 aliphatic heterocycles. The van der Waals surface area contributed by atoms with Gasteiger partial charge in [-0.1, -0.05) is 0 Å². The van der Waals surface area contributed by atoms with E-state index in [1.54, 1.807) is 0 Å². The second kappa shape index (κ2) is 7.00. The van der Waals surface area contributed by atoms with Crippen LogP contribution in [0.4, 0.5) is 30.5 Å². The fourth-order valence-electron chi connectivity index (χ4n) is 1.99. The molecule has 5 nitrogen and oxygen atoms in total. The number of benzene rings is 2. The van der Waals surface area contributed by atoms with E-state index in [4.69, 9.17) is 0 Å². The van der Waals surface area contributed by atoms with Gasteiger partial charge < -0.3 is 10.6 Å². The van der Waals surface area contributed by atoms with Gasteiger partial charge in [-0.05, 0) is 42.5 Å². The first kappa shape index (κ1) is 16.4. The van der Waals surface area contributed by atoms with Crippen molar-refractivity contribution in [3.05, 3.63) is 77.9 Å². The Bertz CT molecular complexity index is 916. The molecule has 0 saturated heterocycles. The van der Waals surface area contributed by atoms with Crippen LogP contribution in [0, 0.1) is 17.5 Å². The number of rotatable bonds is 4. The van der Waals surface area contributed by atoms with Crippen LogP contribution in [0.15, 0.2) is 54.7 Å². The molecular weight excluding hydrogens is 333 g/mol. The molecule has 0 aliphatic rings. The zero-order valence-electron chi connectivity index (χ0n) is 12.6. The highest BCUT2D eigenvalue weighted by Crippen LogP contribution is 2.18. The Morgan fingerprint density at radius 1 is 0.920 bits per heavy atom. The minimum Gasteiger partial charge on any atom is -0.322 e. The topological polar surface area (TPSA) is 66.9 Å². The van der Waals surface area contributed by atoms with Crippen LogP contribution in [0.3, 0.4) is 0 Å². The molecule has 1 heterocycles. The highest BCUT2D eigenvalue weighted by molar-refractivity contribution is 6.02. The maximum absolute atomic E-state index is 13.6. The molecule has 3 aromatic rings. The molecule has 1 aromatic heterocycles. The molecule has 0 saturated carbocycles. The number of amides is 1. The van der Waals surface area contributed by atoms with Crippen LogP contribution in [-0.4, -0.2) is 15.9 Å². The summed E-state index contributed by atoms with van der Waals surface area (Å²) in [7, 11) is 0. The number of carbonyl (C=O) groups excluding carboxylic acids is 1. The average molecular weight is 344 g/mol. The predicted molar refractivity (Wildman–Crippen MR) is 86.0 cm³/mol. The summed E-state index contributed by atoms with van der Waals surface area (Å²) >= 11 is 0. The van der Waals surface area contributed by atoms with Crippen molar-refractivity contribution in [1.29, 1.82) is 0 Å². The van der Waals surface area contributed by atoms with Crippen LogP contribution in [0.1, 0.15) is 10.5 Å². The number of halogens is 3. The van der Waals surface area contributed by atoms with E-state index in [0.29, 0.717) is 11.8 Å². The van der Waals surface area contributed by atoms with Gasteiger partial charge in [0.2, 0.25) is 5.95 Å². The molecule has 8 heteroatoms. The zero-order valence-corrected chi connectivity index (χ0v) is 12.6. The number of carbonyl (C=O) groups is 1. The molecule has 2 N–H and O–H groups in total. The van der Waals surface area contributed by atoms with Gasteiger partial charge in [-0.15, -0.1) is 0 Å². The molecule has 0 unspecified atom stereocenters. The molecule has 0 spiro atoms. The van der Waals surface area contributed by atoms with Crippen molar-refractivity contribution in [2.45, 2.75) is 0 Å². The summed E-state index contributed by atoms with van der Waals surface area (Å²) in [6.07, 6.45) is 1.32. The number of hydrogen-bond acceptors (Lipinski definition) is 4. The van der Waals surface area contributed by atoms with Gasteiger partial charge in [-0.3, -0.25) is 4.79 Å². The first-order valence-electron chi connectivity index (χ1n) is 7.13. The maximum atomic E-state index is 13.6. The number of hydrogen-bond donors (Lipinski definition) is 2. The SMILES string of the molecule is O=C(Nc1ccc(F)cc1)c1ccnc(Nc2ccc(F)cc2F)n1. The summed E-state index contributed by atoms with van der Waals surface area (Å²) in [6, 6.07) is 9.58. The summed E-state index contributed by atoms with van der Waals surface area (Å²) in [5.41, 5.74) is 0.380. The quantitative estimate of drug-likeness (QED) is 0.753. The van der Waals surface area contributed by atoms with Crippen LogP contribution in [0.25, 0.3) is 0 Å². The van der Waals surface area contributed by atoms with Gasteiger partial charge in [0.25, 0.3) is 5.91 Å². The Hall–Kier alpha value is -3.42. The highest BCUT2D eigenvalue weighted by atomic mass is 19.1. The van der Waals surface area contributed by atoms with Gasteiger partial charge in [0.05, 0.1) is 5.69 Å². The monoisotopic (exact) mass is 344 g/mol. The van der Waals surface area contributed by atoms with Crippen molar-refractivity contribution in [2.24, 2.45) is 0 Å². The van der Waals surface area contributed by atoms with Crippen molar-refractivity contribution >= 4 is 23.2 Å². The van der Waals surface area contributed by atoms with E-state index in [2.05, 4.69) is 20.6 Å². The van der Waals surface area contributed by atoms with Crippen molar-refractivity contribution in [2.75, 3.05) is 10.6 Å². The molecule has 0 bridgehead atoms. The highest BCUT2D eigenvalue weighted by Gasteiger charge is 2.11. The zero-order chi connectivity index (χ0) is 17.8. The first-order chi connectivity index (χ1) is 12.0. The first-order valence-corrected chi connectivity index (χ1v) is 7.13. The Morgan fingerprint density at radius 3 is 2.36 bits per heavy atom. The summed E-state index contributed by atoms with van der Waals surface area (Å²) in [4.78, 5) is 20.0. The third kappa shape index (κ3) is 4.11. The van der Waals surface area contributed by atoms with Gasteiger partial charge in [0, 0.05) is 18.0 Å². The largest absolute Gasteiger partial charge is 0.322 e. The van der Waals surface area contributed by atoms with Gasteiger partial charge in [-0.25, -0.2) is 23.1 Å². The number of nitrogens with zero attached hydrogens (tertiary/aromatic N) is 2. The third-order valence-electron chi connectivity index (χ3n) is 3.17. The van der Waals surface area contributed by atoms with Gasteiger partial charge in [-0.2, -0.15) is 0 Å². The summed E-state index contributed by atoms with van der Waals surface area (Å²) < 4.78 is 39.4. The molecule has 0 aliphatic carbocycles. The molecular formula is C17H11F3N4O. The molecule has 3 rings (SSSR count). The van der Waals surface area contributed by atoms with Gasteiger partial charge >= 0.3 is 0 Å². The molecule has 25 heavy (non-hydrogen) atoms. The lowest BCUT2D eigenvalue weighted by atomic mass is 10.3. The number of nitrogens with one attached hydrogen (secondary N) is 2. The standard InChI is InChI=1S/C17H11F3N4O/c18-10-1-4-12(5-2-10)22-16(25)15-7-8-21-17(24-15)23-14-6-3-11(19)9-13(14)20/h1-9H,(H,22,25)(H,21,23,24). The minimum atomic E-state index is -0.815. The van der Waals surface area contributed by atoms with Gasteiger partial charge in [0.1, 0.15) is 23.1 Å². The fraction of sp³-hybridized carbons (Fsp3) is 0. The lowest BCUT2D eigenvalue weighted by Gasteiger charge is -2.08. The number of anilines is 3. The summed E-state index contributed by atoms with van der Waals surface area (Å²) in [6.45, 7) is 0. The molecule has 1 amide bonds. The second-order valence-electron chi connectivity index (χ2n) is 4.98. The fourth-order valence-corrected chi connectivity index (χ4v) is 1.99. The lowest BCUT2D eigenvalue weighted by molar-refractivity contribution is 0.102. The van der Waals surface area contributed by atoms with E-state index in [0.717, 1.165) is 6.07 Å². The van der Waals surface area contributed by atoms with Crippen molar-refractivity contribution in [1.82, 2.24) is 9.97 Å². The van der Waals surface area contributed by atoms with Crippen LogP contribution in [0.2, 0.25) is 0 Å². The molecule has 2 aromatic carbocycles. The van der Waals surface area contributed by atoms with E-state index in [1.165, 1.54) is 42.6 Å². The van der Waals surface area contributed by atoms with E-state index in [9.17, 15) is 18.0 Å². The molecule has 0 atom stereocenters. The van der Waals surface area contributed by atoms with Crippen LogP contribution in [0.5, 0.6) is 0 Å². The van der Waals surface area contributed by atoms with E-state index < -0.39 is 23.4 Å². The third-order valence-corrected chi connectivity index (χ3v) is 3.17. The van der Waals surface area contributed by atoms with E-state index in [1.807, 2.05) is 0 Å². The van der Waals surface area contributed by atoms with Crippen LogP contribution in [-0.2, 0) is 0 Å². The Kier molecular flexibility index (Phi) is 4.60. The number of aromatic nitrogens is 2. The Morgan fingerprint density at radius 2 is 1.64 bits per heavy atom. The second-order valence-corrected chi connectivity index (χ2v) is 4.98. The van der Waals surface area contributed by atoms with Gasteiger partial charge in [0.15, 0.2) is 0 Å². The predicted octanol–water partition coefficient (Wildman–Crippen LogP) is 3.89. The normalized spacial score (nSPS) is 10.4. The average Bonchev–Trinajstić information content (AvgIpc) is 2.60. The smallest absolute Gasteiger partial charge is 0.274 e. The molecule has 0 fully saturated rings. The minimum absolute atomic E-state index is 0.0179. The Labute approximate surface area is 140 Å². The molecule has 0 radical (unpaired) electrons. The van der Waals surface area contributed by atoms with Crippen molar-refractivity contribution < 1.29 is 18.0 Å². The van der Waals surface area contributed by atoms with Crippen molar-refractivity contribution in [3.63, 3.8) is 0 Å². The van der Waals surface area contributed by atoms with E-state index in [-0.39, 0.29) is 17.3 Å². The summed E-state index contributed by atoms with van der Waals surface area (Å²) in [5.74, 6) is -2.53. The lowest BCUT2D eigenvalue weighted by Crippen LogP contribution is -2.14. The summed E-state index contributed by atoms with van der Waals surface area (Å²) in [5, 5.41) is 5.12. The van der Waals surface area contributed by atoms with Crippen molar-refractivity contribution in [3.8, 4) is 0 Å².